The van der Waals surface area contributed by atoms with Crippen molar-refractivity contribution in [2.24, 2.45) is 11.3 Å². The average Bonchev–Trinajstić information content (AvgIpc) is 2.57. The predicted molar refractivity (Wildman–Crippen MR) is 113 cm³/mol. The normalized spacial score (nSPS) is 22.4. The maximum atomic E-state index is 5.96. The molecule has 0 radical (unpaired) electrons. The fourth-order valence-electron chi connectivity index (χ4n) is 3.76. The van der Waals surface area contributed by atoms with Crippen LogP contribution in [0.1, 0.15) is 72.1 Å². The van der Waals surface area contributed by atoms with Crippen molar-refractivity contribution in [3.63, 3.8) is 0 Å². The van der Waals surface area contributed by atoms with E-state index in [1.165, 1.54) is 56.9 Å². The van der Waals surface area contributed by atoms with Gasteiger partial charge in [-0.3, -0.25) is 0 Å². The number of rotatable bonds is 11. The van der Waals surface area contributed by atoms with Crippen molar-refractivity contribution >= 4 is 21.4 Å². The van der Waals surface area contributed by atoms with Gasteiger partial charge in [0.05, 0.1) is 0 Å². The fourth-order valence-corrected chi connectivity index (χ4v) is 5.06. The van der Waals surface area contributed by atoms with Gasteiger partial charge in [-0.2, -0.15) is 0 Å². The van der Waals surface area contributed by atoms with E-state index in [1.807, 2.05) is 19.0 Å². The van der Waals surface area contributed by atoms with Gasteiger partial charge < -0.3 is 0 Å². The molecule has 0 aromatic rings. The van der Waals surface area contributed by atoms with Crippen LogP contribution in [0.25, 0.3) is 0 Å². The molecular weight excluding hydrogens is 310 g/mol. The standard InChI is InChI=1S/C21H36BOP/c1-6-10-12-15-21(5,16-13-11-7-2)19-17-24-23-20(22-9-4)18(19)14-8-3/h8-9,14,19,24H,3-4,6-7,10-13,15-17H2,1-2,5H3/b18-14-. The number of hydrogen-bond donors (Lipinski definition) is 0. The summed E-state index contributed by atoms with van der Waals surface area (Å²) in [6.45, 7) is 16.9. The Hall–Kier alpha value is -0.615. The van der Waals surface area contributed by atoms with Crippen LogP contribution in [0.3, 0.4) is 0 Å². The minimum atomic E-state index is 0.357. The summed E-state index contributed by atoms with van der Waals surface area (Å²) in [6.07, 6.45) is 15.8. The summed E-state index contributed by atoms with van der Waals surface area (Å²) in [7, 11) is 0.556. The molecule has 0 saturated carbocycles. The molecule has 1 saturated heterocycles. The van der Waals surface area contributed by atoms with Gasteiger partial charge in [-0.25, -0.2) is 0 Å². The summed E-state index contributed by atoms with van der Waals surface area (Å²) in [5, 5.41) is 0. The summed E-state index contributed by atoms with van der Waals surface area (Å²) >= 11 is 0. The van der Waals surface area contributed by atoms with E-state index in [1.54, 1.807) is 0 Å². The number of unbranched alkanes of at least 4 members (excludes halogenated alkanes) is 4. The SMILES string of the molecule is C=C/B=C1/OPCC(C(C)(CCCCC)CCCCC)/C1=C/C=C. The molecule has 2 unspecified atom stereocenters. The molecule has 1 nitrogen and oxygen atoms in total. The molecule has 0 N–H and O–H groups in total. The quantitative estimate of drug-likeness (QED) is 0.236. The Morgan fingerprint density at radius 3 is 2.29 bits per heavy atom. The molecule has 1 heterocycles. The van der Waals surface area contributed by atoms with Crippen LogP contribution in [0.15, 0.2) is 36.9 Å². The molecule has 134 valence electrons. The molecule has 1 rings (SSSR count). The predicted octanol–water partition coefficient (Wildman–Crippen LogP) is 6.48. The van der Waals surface area contributed by atoms with Crippen LogP contribution >= 0.6 is 8.81 Å². The summed E-state index contributed by atoms with van der Waals surface area (Å²) in [5.74, 6) is 2.41. The summed E-state index contributed by atoms with van der Waals surface area (Å²) in [6, 6.07) is 0. The molecule has 2 atom stereocenters. The summed E-state index contributed by atoms with van der Waals surface area (Å²) in [5.41, 5.74) is 2.70. The first-order chi connectivity index (χ1) is 11.6. The molecule has 0 aliphatic carbocycles. The Labute approximate surface area is 152 Å². The molecule has 0 spiro atoms. The zero-order chi connectivity index (χ0) is 17.8. The van der Waals surface area contributed by atoms with E-state index in [0.717, 1.165) is 11.8 Å². The van der Waals surface area contributed by atoms with Crippen molar-refractivity contribution < 1.29 is 4.52 Å². The van der Waals surface area contributed by atoms with Gasteiger partial charge in [0.25, 0.3) is 0 Å². The molecule has 1 fully saturated rings. The van der Waals surface area contributed by atoms with E-state index in [2.05, 4.69) is 40.0 Å². The van der Waals surface area contributed by atoms with Crippen molar-refractivity contribution in [3.8, 4) is 0 Å². The fraction of sp³-hybridized carbons (Fsp3) is 0.667. The second kappa shape index (κ2) is 11.9. The van der Waals surface area contributed by atoms with Crippen LogP contribution in [0.4, 0.5) is 0 Å². The Bertz CT molecular complexity index is 443. The zero-order valence-electron chi connectivity index (χ0n) is 16.1. The van der Waals surface area contributed by atoms with Gasteiger partial charge in [0.15, 0.2) is 0 Å². The van der Waals surface area contributed by atoms with Crippen LogP contribution in [0, 0.1) is 11.3 Å². The molecule has 24 heavy (non-hydrogen) atoms. The van der Waals surface area contributed by atoms with E-state index in [-0.39, 0.29) is 0 Å². The van der Waals surface area contributed by atoms with Gasteiger partial charge in [-0.05, 0) is 0 Å². The Morgan fingerprint density at radius 2 is 1.79 bits per heavy atom. The first-order valence-electron chi connectivity index (χ1n) is 9.68. The van der Waals surface area contributed by atoms with Gasteiger partial charge in [0.1, 0.15) is 0 Å². The summed E-state index contributed by atoms with van der Waals surface area (Å²) < 4.78 is 5.96. The van der Waals surface area contributed by atoms with Crippen LogP contribution in [0.5, 0.6) is 0 Å². The van der Waals surface area contributed by atoms with Crippen molar-refractivity contribution in [1.29, 1.82) is 0 Å². The summed E-state index contributed by atoms with van der Waals surface area (Å²) in [4.78, 5) is 0. The first-order valence-corrected chi connectivity index (χ1v) is 10.8. The molecular formula is C21H36BOP. The second-order valence-electron chi connectivity index (χ2n) is 7.20. The third-order valence-electron chi connectivity index (χ3n) is 5.24. The van der Waals surface area contributed by atoms with E-state index >= 15 is 0 Å². The van der Waals surface area contributed by atoms with Gasteiger partial charge in [0, 0.05) is 0 Å². The number of hydrogen-bond acceptors (Lipinski definition) is 1. The van der Waals surface area contributed by atoms with Crippen molar-refractivity contribution in [1.82, 2.24) is 0 Å². The van der Waals surface area contributed by atoms with Crippen LogP contribution in [-0.4, -0.2) is 18.7 Å². The Balaban J connectivity index is 3.06. The van der Waals surface area contributed by atoms with Gasteiger partial charge in [-0.15, -0.1) is 0 Å². The van der Waals surface area contributed by atoms with Crippen molar-refractivity contribution in [2.75, 3.05) is 6.16 Å². The Kier molecular flexibility index (Phi) is 10.6. The van der Waals surface area contributed by atoms with Crippen molar-refractivity contribution in [2.45, 2.75) is 72.1 Å². The van der Waals surface area contributed by atoms with Gasteiger partial charge in [-0.1, -0.05) is 0 Å². The monoisotopic (exact) mass is 346 g/mol. The average molecular weight is 346 g/mol. The van der Waals surface area contributed by atoms with Gasteiger partial charge >= 0.3 is 152 Å². The maximum absolute atomic E-state index is 5.96. The third kappa shape index (κ3) is 6.36. The number of allylic oxidation sites excluding steroid dienone is 2. The van der Waals surface area contributed by atoms with Crippen LogP contribution < -0.4 is 0 Å². The molecule has 0 amide bonds. The van der Waals surface area contributed by atoms with E-state index in [9.17, 15) is 0 Å². The van der Waals surface area contributed by atoms with Crippen LogP contribution in [0.2, 0.25) is 0 Å². The van der Waals surface area contributed by atoms with E-state index in [4.69, 9.17) is 4.52 Å². The van der Waals surface area contributed by atoms with E-state index < -0.39 is 0 Å². The van der Waals surface area contributed by atoms with Crippen LogP contribution in [-0.2, 0) is 4.52 Å². The molecule has 3 heteroatoms. The topological polar surface area (TPSA) is 9.23 Å². The third-order valence-corrected chi connectivity index (χ3v) is 6.18. The van der Waals surface area contributed by atoms with Gasteiger partial charge in [0.2, 0.25) is 0 Å². The molecule has 0 aromatic heterocycles. The molecule has 0 bridgehead atoms. The zero-order valence-corrected chi connectivity index (χ0v) is 17.1. The Morgan fingerprint density at radius 1 is 1.17 bits per heavy atom. The molecule has 1 aliphatic heterocycles. The molecule has 1 aliphatic rings. The molecule has 0 aromatic carbocycles. The van der Waals surface area contributed by atoms with E-state index in [0.29, 0.717) is 20.1 Å². The first kappa shape index (κ1) is 21.4. The minimum absolute atomic E-state index is 0.357. The second-order valence-corrected chi connectivity index (χ2v) is 8.10. The van der Waals surface area contributed by atoms with Crippen molar-refractivity contribution in [3.05, 3.63) is 36.9 Å².